The summed E-state index contributed by atoms with van der Waals surface area (Å²) in [4.78, 5) is 0. The quantitative estimate of drug-likeness (QED) is 0.828. The van der Waals surface area contributed by atoms with Crippen LogP contribution in [0.4, 0.5) is 0 Å². The second-order valence-corrected chi connectivity index (χ2v) is 5.75. The van der Waals surface area contributed by atoms with Gasteiger partial charge in [0.15, 0.2) is 0 Å². The summed E-state index contributed by atoms with van der Waals surface area (Å²) in [7, 11) is 2.13. The van der Waals surface area contributed by atoms with Gasteiger partial charge < -0.3 is 5.32 Å². The van der Waals surface area contributed by atoms with Crippen LogP contribution in [0, 0.1) is 5.92 Å². The summed E-state index contributed by atoms with van der Waals surface area (Å²) in [6, 6.07) is 8.98. The predicted molar refractivity (Wildman–Crippen MR) is 73.6 cm³/mol. The first-order chi connectivity index (χ1) is 7.37. The minimum Gasteiger partial charge on any atom is -0.310 e. The molecule has 3 heteroatoms. The molecule has 0 spiro atoms. The zero-order valence-corrected chi connectivity index (χ0v) is 11.2. The standard InChI is InChI=1S/C13H17NS.ClH/c1-14-13-6-7-15-9-11(13)8-10-4-2-3-5-12(10)13;/h2-5,11,14H,6-9H2,1H3;1H/t11-,13-;/m0./s1. The van der Waals surface area contributed by atoms with Crippen molar-refractivity contribution in [2.24, 2.45) is 5.92 Å². The van der Waals surface area contributed by atoms with E-state index >= 15 is 0 Å². The van der Waals surface area contributed by atoms with Gasteiger partial charge in [-0.15, -0.1) is 12.4 Å². The lowest BCUT2D eigenvalue weighted by molar-refractivity contribution is 0.254. The molecule has 0 radical (unpaired) electrons. The van der Waals surface area contributed by atoms with Crippen LogP contribution in [0.25, 0.3) is 0 Å². The molecule has 2 atom stereocenters. The van der Waals surface area contributed by atoms with E-state index in [0.29, 0.717) is 5.54 Å². The van der Waals surface area contributed by atoms with Crippen LogP contribution in [0.1, 0.15) is 17.5 Å². The SMILES string of the molecule is CN[C@@]12CCSC[C@@H]1Cc1ccccc12.Cl. The van der Waals surface area contributed by atoms with E-state index in [-0.39, 0.29) is 12.4 Å². The van der Waals surface area contributed by atoms with Crippen LogP contribution in [-0.4, -0.2) is 18.6 Å². The molecule has 3 rings (SSSR count). The van der Waals surface area contributed by atoms with Gasteiger partial charge in [0.1, 0.15) is 0 Å². The average molecular weight is 256 g/mol. The van der Waals surface area contributed by atoms with Crippen molar-refractivity contribution in [1.29, 1.82) is 0 Å². The Balaban J connectivity index is 0.000000963. The maximum Gasteiger partial charge on any atom is 0.0482 e. The summed E-state index contributed by atoms with van der Waals surface area (Å²) in [5, 5.41) is 3.62. The van der Waals surface area contributed by atoms with E-state index in [1.165, 1.54) is 24.3 Å². The summed E-state index contributed by atoms with van der Waals surface area (Å²) in [6.07, 6.45) is 2.56. The molecule has 1 aliphatic carbocycles. The van der Waals surface area contributed by atoms with Crippen molar-refractivity contribution in [1.82, 2.24) is 5.32 Å². The first-order valence-corrected chi connectivity index (χ1v) is 6.87. The highest BCUT2D eigenvalue weighted by Gasteiger charge is 2.46. The van der Waals surface area contributed by atoms with Crippen LogP contribution in [-0.2, 0) is 12.0 Å². The first kappa shape index (κ1) is 12.3. The number of benzene rings is 1. The smallest absolute Gasteiger partial charge is 0.0482 e. The Hall–Kier alpha value is -0.180. The number of rotatable bonds is 1. The zero-order chi connectivity index (χ0) is 10.3. The molecule has 1 aliphatic heterocycles. The van der Waals surface area contributed by atoms with Crippen molar-refractivity contribution in [3.05, 3.63) is 35.4 Å². The molecule has 1 fully saturated rings. The van der Waals surface area contributed by atoms with Gasteiger partial charge in [-0.1, -0.05) is 24.3 Å². The lowest BCUT2D eigenvalue weighted by Crippen LogP contribution is -2.47. The molecule has 1 heterocycles. The Morgan fingerprint density at radius 1 is 1.38 bits per heavy atom. The van der Waals surface area contributed by atoms with E-state index in [0.717, 1.165) is 5.92 Å². The van der Waals surface area contributed by atoms with Gasteiger partial charge in [-0.2, -0.15) is 11.8 Å². The maximum atomic E-state index is 3.62. The van der Waals surface area contributed by atoms with Crippen LogP contribution in [0.15, 0.2) is 24.3 Å². The number of thioether (sulfide) groups is 1. The van der Waals surface area contributed by atoms with Gasteiger partial charge in [0, 0.05) is 5.54 Å². The topological polar surface area (TPSA) is 12.0 Å². The van der Waals surface area contributed by atoms with Crippen LogP contribution >= 0.6 is 24.2 Å². The maximum absolute atomic E-state index is 3.62. The Bertz CT molecular complexity index is 382. The monoisotopic (exact) mass is 255 g/mol. The molecule has 1 aromatic carbocycles. The largest absolute Gasteiger partial charge is 0.310 e. The van der Waals surface area contributed by atoms with Crippen LogP contribution in [0.3, 0.4) is 0 Å². The van der Waals surface area contributed by atoms with E-state index in [9.17, 15) is 0 Å². The fourth-order valence-electron chi connectivity index (χ4n) is 3.26. The molecule has 1 N–H and O–H groups in total. The second kappa shape index (κ2) is 4.59. The summed E-state index contributed by atoms with van der Waals surface area (Å²) in [5.74, 6) is 3.42. The van der Waals surface area contributed by atoms with Crippen molar-refractivity contribution in [3.63, 3.8) is 0 Å². The van der Waals surface area contributed by atoms with Crippen LogP contribution < -0.4 is 5.32 Å². The Labute approximate surface area is 108 Å². The summed E-state index contributed by atoms with van der Waals surface area (Å²) < 4.78 is 0. The third-order valence-corrected chi connectivity index (χ3v) is 5.20. The number of fused-ring (bicyclic) bond motifs is 3. The molecule has 88 valence electrons. The van der Waals surface area contributed by atoms with Gasteiger partial charge in [0.05, 0.1) is 0 Å². The van der Waals surface area contributed by atoms with Gasteiger partial charge in [0.2, 0.25) is 0 Å². The average Bonchev–Trinajstić information content (AvgIpc) is 2.64. The minimum absolute atomic E-state index is 0. The van der Waals surface area contributed by atoms with Gasteiger partial charge in [-0.25, -0.2) is 0 Å². The minimum atomic E-state index is 0. The Morgan fingerprint density at radius 3 is 3.00 bits per heavy atom. The molecule has 0 saturated carbocycles. The number of hydrogen-bond acceptors (Lipinski definition) is 2. The van der Waals surface area contributed by atoms with Gasteiger partial charge in [-0.05, 0) is 48.4 Å². The van der Waals surface area contributed by atoms with Crippen molar-refractivity contribution in [2.45, 2.75) is 18.4 Å². The van der Waals surface area contributed by atoms with Crippen molar-refractivity contribution >= 4 is 24.2 Å². The zero-order valence-electron chi connectivity index (χ0n) is 9.53. The molecule has 1 saturated heterocycles. The van der Waals surface area contributed by atoms with E-state index in [2.05, 4.69) is 48.4 Å². The molecule has 0 unspecified atom stereocenters. The predicted octanol–water partition coefficient (Wildman–Crippen LogP) is 2.83. The van der Waals surface area contributed by atoms with E-state index in [4.69, 9.17) is 0 Å². The van der Waals surface area contributed by atoms with Crippen LogP contribution in [0.2, 0.25) is 0 Å². The van der Waals surface area contributed by atoms with Crippen molar-refractivity contribution < 1.29 is 0 Å². The molecule has 16 heavy (non-hydrogen) atoms. The third-order valence-electron chi connectivity index (χ3n) is 4.07. The van der Waals surface area contributed by atoms with E-state index < -0.39 is 0 Å². The van der Waals surface area contributed by atoms with Crippen molar-refractivity contribution in [3.8, 4) is 0 Å². The molecule has 0 amide bonds. The Kier molecular flexibility index (Phi) is 3.53. The number of hydrogen-bond donors (Lipinski definition) is 1. The lowest BCUT2D eigenvalue weighted by atomic mass is 9.82. The number of halogens is 1. The molecule has 0 aromatic heterocycles. The molecular formula is C13H18ClNS. The van der Waals surface area contributed by atoms with Crippen molar-refractivity contribution in [2.75, 3.05) is 18.6 Å². The van der Waals surface area contributed by atoms with E-state index in [1.807, 2.05) is 0 Å². The first-order valence-electron chi connectivity index (χ1n) is 5.72. The van der Waals surface area contributed by atoms with Gasteiger partial charge in [0.25, 0.3) is 0 Å². The Morgan fingerprint density at radius 2 is 2.19 bits per heavy atom. The fraction of sp³-hybridized carbons (Fsp3) is 0.538. The van der Waals surface area contributed by atoms with E-state index in [1.54, 1.807) is 11.1 Å². The summed E-state index contributed by atoms with van der Waals surface area (Å²) in [5.41, 5.74) is 3.43. The highest BCUT2D eigenvalue weighted by Crippen LogP contribution is 2.48. The molecule has 2 aliphatic rings. The van der Waals surface area contributed by atoms with Crippen LogP contribution in [0.5, 0.6) is 0 Å². The lowest BCUT2D eigenvalue weighted by Gasteiger charge is -2.40. The fourth-order valence-corrected chi connectivity index (χ4v) is 4.58. The molecule has 0 bridgehead atoms. The summed E-state index contributed by atoms with van der Waals surface area (Å²) in [6.45, 7) is 0. The second-order valence-electron chi connectivity index (χ2n) is 4.60. The molecular weight excluding hydrogens is 238 g/mol. The third kappa shape index (κ3) is 1.59. The van der Waals surface area contributed by atoms with Gasteiger partial charge >= 0.3 is 0 Å². The normalized spacial score (nSPS) is 31.4. The molecule has 1 nitrogen and oxygen atoms in total. The molecule has 1 aromatic rings. The highest BCUT2D eigenvalue weighted by atomic mass is 35.5. The number of nitrogens with one attached hydrogen (secondary N) is 1. The summed E-state index contributed by atoms with van der Waals surface area (Å²) >= 11 is 2.12. The van der Waals surface area contributed by atoms with Gasteiger partial charge in [-0.3, -0.25) is 0 Å². The highest BCUT2D eigenvalue weighted by molar-refractivity contribution is 7.99.